The van der Waals surface area contributed by atoms with Gasteiger partial charge in [0.15, 0.2) is 0 Å². The zero-order chi connectivity index (χ0) is 14.9. The zero-order valence-corrected chi connectivity index (χ0v) is 12.2. The summed E-state index contributed by atoms with van der Waals surface area (Å²) in [7, 11) is 0. The van der Waals surface area contributed by atoms with Gasteiger partial charge in [0.2, 0.25) is 5.91 Å². The average Bonchev–Trinajstić information content (AvgIpc) is 3.04. The normalized spacial score (nSPS) is 18.4. The largest absolute Gasteiger partial charge is 0.349 e. The molecule has 1 atom stereocenters. The molecule has 1 aromatic heterocycles. The van der Waals surface area contributed by atoms with Crippen LogP contribution in [0.4, 0.5) is 0 Å². The number of nitrogens with one attached hydrogen (secondary N) is 2. The van der Waals surface area contributed by atoms with Crippen molar-refractivity contribution in [2.45, 2.75) is 25.3 Å². The van der Waals surface area contributed by atoms with Crippen molar-refractivity contribution in [3.63, 3.8) is 0 Å². The maximum Gasteiger partial charge on any atom is 0.220 e. The summed E-state index contributed by atoms with van der Waals surface area (Å²) < 4.78 is 0. The number of aromatic amines is 1. The van der Waals surface area contributed by atoms with E-state index < -0.39 is 0 Å². The molecule has 1 aliphatic heterocycles. The summed E-state index contributed by atoms with van der Waals surface area (Å²) in [5, 5.41) is 11.3. The minimum Gasteiger partial charge on any atom is -0.349 e. The zero-order valence-electron chi connectivity index (χ0n) is 12.2. The van der Waals surface area contributed by atoms with Gasteiger partial charge in [-0.15, -0.1) is 0 Å². The van der Waals surface area contributed by atoms with Gasteiger partial charge in [-0.3, -0.25) is 9.89 Å². The first-order valence-corrected chi connectivity index (χ1v) is 7.63. The molecule has 2 N–H and O–H groups in total. The third-order valence-electron chi connectivity index (χ3n) is 4.34. The fraction of sp³-hybridized carbons (Fsp3) is 0.222. The molecule has 3 aromatic rings. The van der Waals surface area contributed by atoms with Crippen LogP contribution in [0.1, 0.15) is 30.9 Å². The first-order chi connectivity index (χ1) is 10.8. The van der Waals surface area contributed by atoms with Crippen LogP contribution in [0.5, 0.6) is 0 Å². The van der Waals surface area contributed by atoms with Crippen LogP contribution in [0.2, 0.25) is 0 Å². The van der Waals surface area contributed by atoms with Gasteiger partial charge >= 0.3 is 0 Å². The van der Waals surface area contributed by atoms with Crippen LogP contribution in [0.15, 0.2) is 48.7 Å². The van der Waals surface area contributed by atoms with Crippen molar-refractivity contribution < 1.29 is 4.79 Å². The van der Waals surface area contributed by atoms with E-state index in [2.05, 4.69) is 45.8 Å². The fourth-order valence-electron chi connectivity index (χ4n) is 3.17. The number of benzene rings is 2. The van der Waals surface area contributed by atoms with Gasteiger partial charge in [-0.05, 0) is 35.6 Å². The van der Waals surface area contributed by atoms with Crippen LogP contribution >= 0.6 is 0 Å². The van der Waals surface area contributed by atoms with Crippen molar-refractivity contribution in [2.24, 2.45) is 0 Å². The number of piperidine rings is 1. The number of fused-ring (bicyclic) bond motifs is 1. The molecule has 2 heterocycles. The van der Waals surface area contributed by atoms with Crippen LogP contribution in [-0.2, 0) is 4.79 Å². The molecule has 22 heavy (non-hydrogen) atoms. The maximum atomic E-state index is 11.5. The van der Waals surface area contributed by atoms with E-state index in [1.54, 1.807) is 0 Å². The number of rotatable bonds is 2. The molecule has 0 bridgehead atoms. The van der Waals surface area contributed by atoms with Crippen molar-refractivity contribution in [3.8, 4) is 11.1 Å². The summed E-state index contributed by atoms with van der Waals surface area (Å²) in [6.07, 6.45) is 4.49. The van der Waals surface area contributed by atoms with Gasteiger partial charge in [0, 0.05) is 11.8 Å². The summed E-state index contributed by atoms with van der Waals surface area (Å²) in [4.78, 5) is 11.5. The van der Waals surface area contributed by atoms with Crippen LogP contribution in [0, 0.1) is 0 Å². The topological polar surface area (TPSA) is 57.8 Å². The lowest BCUT2D eigenvalue weighted by molar-refractivity contribution is -0.123. The molecular weight excluding hydrogens is 274 g/mol. The molecule has 4 nitrogen and oxygen atoms in total. The average molecular weight is 291 g/mol. The third-order valence-corrected chi connectivity index (χ3v) is 4.34. The number of aromatic nitrogens is 2. The Morgan fingerprint density at radius 3 is 2.77 bits per heavy atom. The highest BCUT2D eigenvalue weighted by Gasteiger charge is 2.19. The van der Waals surface area contributed by atoms with E-state index in [4.69, 9.17) is 0 Å². The molecular formula is C18H17N3O. The molecule has 2 aromatic carbocycles. The molecule has 0 spiro atoms. The van der Waals surface area contributed by atoms with Crippen LogP contribution in [0.3, 0.4) is 0 Å². The van der Waals surface area contributed by atoms with Crippen LogP contribution < -0.4 is 5.32 Å². The number of nitrogens with zero attached hydrogens (tertiary/aromatic N) is 1. The highest BCUT2D eigenvalue weighted by atomic mass is 16.1. The van der Waals surface area contributed by atoms with Gasteiger partial charge in [-0.1, -0.05) is 36.4 Å². The Labute approximate surface area is 128 Å². The SMILES string of the molecule is O=C1CCCC(c2ccc(-c3cccc4[nH]ncc34)cc2)N1. The third kappa shape index (κ3) is 2.26. The molecule has 1 amide bonds. The van der Waals surface area contributed by atoms with E-state index in [1.165, 1.54) is 11.1 Å². The molecule has 4 heteroatoms. The smallest absolute Gasteiger partial charge is 0.220 e. The Hall–Kier alpha value is -2.62. The Kier molecular flexibility index (Phi) is 3.15. The van der Waals surface area contributed by atoms with E-state index >= 15 is 0 Å². The summed E-state index contributed by atoms with van der Waals surface area (Å²) in [6, 6.07) is 14.8. The Morgan fingerprint density at radius 2 is 1.95 bits per heavy atom. The minimum absolute atomic E-state index is 0.153. The lowest BCUT2D eigenvalue weighted by Gasteiger charge is -2.23. The standard InChI is InChI=1S/C18H17N3O/c22-18-6-2-4-16(20-18)13-9-7-12(8-10-13)14-3-1-5-17-15(14)11-19-21-17/h1,3,5,7-11,16H,2,4,6H2,(H,19,21)(H,20,22). The summed E-state index contributed by atoms with van der Waals surface area (Å²) in [5.41, 5.74) is 4.56. The molecule has 1 fully saturated rings. The van der Waals surface area contributed by atoms with E-state index in [0.717, 1.165) is 29.3 Å². The second kappa shape index (κ2) is 5.30. The predicted molar refractivity (Wildman–Crippen MR) is 86.3 cm³/mol. The maximum absolute atomic E-state index is 11.5. The first kappa shape index (κ1) is 13.1. The quantitative estimate of drug-likeness (QED) is 0.758. The molecule has 110 valence electrons. The lowest BCUT2D eigenvalue weighted by atomic mass is 9.94. The van der Waals surface area contributed by atoms with Crippen molar-refractivity contribution in [2.75, 3.05) is 0 Å². The van der Waals surface area contributed by atoms with Crippen molar-refractivity contribution in [1.82, 2.24) is 15.5 Å². The molecule has 0 radical (unpaired) electrons. The summed E-state index contributed by atoms with van der Waals surface area (Å²) in [6.45, 7) is 0. The summed E-state index contributed by atoms with van der Waals surface area (Å²) in [5.74, 6) is 0.156. The Balaban J connectivity index is 1.67. The highest BCUT2D eigenvalue weighted by Crippen LogP contribution is 2.30. The van der Waals surface area contributed by atoms with Gasteiger partial charge in [-0.2, -0.15) is 5.10 Å². The number of carbonyl (C=O) groups is 1. The lowest BCUT2D eigenvalue weighted by Crippen LogP contribution is -2.32. The monoisotopic (exact) mass is 291 g/mol. The molecule has 4 rings (SSSR count). The van der Waals surface area contributed by atoms with Gasteiger partial charge < -0.3 is 5.32 Å². The van der Waals surface area contributed by atoms with Gasteiger partial charge in [0.05, 0.1) is 17.8 Å². The van der Waals surface area contributed by atoms with Gasteiger partial charge in [0.1, 0.15) is 0 Å². The Bertz CT molecular complexity index is 820. The minimum atomic E-state index is 0.153. The van der Waals surface area contributed by atoms with E-state index in [0.29, 0.717) is 6.42 Å². The second-order valence-electron chi connectivity index (χ2n) is 5.77. The molecule has 1 saturated heterocycles. The highest BCUT2D eigenvalue weighted by molar-refractivity contribution is 5.94. The van der Waals surface area contributed by atoms with Crippen LogP contribution in [-0.4, -0.2) is 16.1 Å². The van der Waals surface area contributed by atoms with E-state index in [9.17, 15) is 4.79 Å². The number of H-pyrrole nitrogens is 1. The van der Waals surface area contributed by atoms with E-state index in [1.807, 2.05) is 18.3 Å². The molecule has 1 aliphatic rings. The number of amides is 1. The predicted octanol–water partition coefficient (Wildman–Crippen LogP) is 3.57. The molecule has 1 unspecified atom stereocenters. The van der Waals surface area contributed by atoms with Crippen molar-refractivity contribution in [3.05, 3.63) is 54.2 Å². The molecule has 0 saturated carbocycles. The first-order valence-electron chi connectivity index (χ1n) is 7.63. The second-order valence-corrected chi connectivity index (χ2v) is 5.77. The summed E-state index contributed by atoms with van der Waals surface area (Å²) >= 11 is 0. The van der Waals surface area contributed by atoms with E-state index in [-0.39, 0.29) is 11.9 Å². The van der Waals surface area contributed by atoms with Crippen molar-refractivity contribution in [1.29, 1.82) is 0 Å². The van der Waals surface area contributed by atoms with Crippen molar-refractivity contribution >= 4 is 16.8 Å². The Morgan fingerprint density at radius 1 is 1.09 bits per heavy atom. The van der Waals surface area contributed by atoms with Crippen LogP contribution in [0.25, 0.3) is 22.0 Å². The number of carbonyl (C=O) groups excluding carboxylic acids is 1. The fourth-order valence-corrected chi connectivity index (χ4v) is 3.17. The number of hydrogen-bond donors (Lipinski definition) is 2. The van der Waals surface area contributed by atoms with Gasteiger partial charge in [-0.25, -0.2) is 0 Å². The molecule has 0 aliphatic carbocycles. The number of hydrogen-bond acceptors (Lipinski definition) is 2. The van der Waals surface area contributed by atoms with Gasteiger partial charge in [0.25, 0.3) is 0 Å².